The SMILES string of the molecule is CN=C(NCc1ncc(C(C)(C)C)o1)NCC(c1cccc(C)c1)N1CCOCC1.I. The number of rotatable bonds is 6. The highest BCUT2D eigenvalue weighted by molar-refractivity contribution is 14.0. The van der Waals surface area contributed by atoms with Crippen LogP contribution in [0.5, 0.6) is 0 Å². The first-order valence-electron chi connectivity index (χ1n) is 10.6. The van der Waals surface area contributed by atoms with Gasteiger partial charge in [-0.2, -0.15) is 0 Å². The van der Waals surface area contributed by atoms with Crippen molar-refractivity contribution >= 4 is 29.9 Å². The van der Waals surface area contributed by atoms with Gasteiger partial charge in [0, 0.05) is 32.1 Å². The molecule has 1 aliphatic rings. The van der Waals surface area contributed by atoms with Crippen LogP contribution in [0.4, 0.5) is 0 Å². The molecule has 1 aromatic heterocycles. The van der Waals surface area contributed by atoms with E-state index in [4.69, 9.17) is 9.15 Å². The zero-order valence-electron chi connectivity index (χ0n) is 19.3. The van der Waals surface area contributed by atoms with Gasteiger partial charge in [0.2, 0.25) is 5.89 Å². The van der Waals surface area contributed by atoms with Crippen LogP contribution in [0, 0.1) is 6.92 Å². The fraction of sp³-hybridized carbons (Fsp3) is 0.565. The summed E-state index contributed by atoms with van der Waals surface area (Å²) >= 11 is 0. The molecule has 0 amide bonds. The van der Waals surface area contributed by atoms with Gasteiger partial charge in [0.05, 0.1) is 32.0 Å². The van der Waals surface area contributed by atoms with Crippen LogP contribution in [0.2, 0.25) is 0 Å². The molecule has 0 aliphatic carbocycles. The number of ether oxygens (including phenoxy) is 1. The number of guanidine groups is 1. The molecule has 0 radical (unpaired) electrons. The summed E-state index contributed by atoms with van der Waals surface area (Å²) in [5.74, 6) is 2.27. The molecule has 1 aliphatic heterocycles. The van der Waals surface area contributed by atoms with Crippen molar-refractivity contribution < 1.29 is 9.15 Å². The smallest absolute Gasteiger partial charge is 0.213 e. The van der Waals surface area contributed by atoms with E-state index in [0.717, 1.165) is 44.6 Å². The van der Waals surface area contributed by atoms with Crippen LogP contribution in [0.25, 0.3) is 0 Å². The summed E-state index contributed by atoms with van der Waals surface area (Å²) in [6.07, 6.45) is 1.80. The van der Waals surface area contributed by atoms with Crippen LogP contribution < -0.4 is 10.6 Å². The van der Waals surface area contributed by atoms with Gasteiger partial charge >= 0.3 is 0 Å². The van der Waals surface area contributed by atoms with Gasteiger partial charge in [0.1, 0.15) is 5.76 Å². The van der Waals surface area contributed by atoms with Crippen molar-refractivity contribution in [1.82, 2.24) is 20.5 Å². The zero-order valence-corrected chi connectivity index (χ0v) is 21.6. The molecular formula is C23H36IN5O2. The van der Waals surface area contributed by atoms with E-state index in [-0.39, 0.29) is 35.4 Å². The summed E-state index contributed by atoms with van der Waals surface area (Å²) < 4.78 is 11.4. The van der Waals surface area contributed by atoms with Gasteiger partial charge < -0.3 is 19.8 Å². The Labute approximate surface area is 203 Å². The number of aryl methyl sites for hydroxylation is 1. The number of halogens is 1. The second kappa shape index (κ2) is 11.8. The third kappa shape index (κ3) is 7.47. The molecule has 1 unspecified atom stereocenters. The van der Waals surface area contributed by atoms with Gasteiger partial charge in [-0.3, -0.25) is 9.89 Å². The van der Waals surface area contributed by atoms with E-state index in [2.05, 4.69) is 77.5 Å². The van der Waals surface area contributed by atoms with Gasteiger partial charge in [0.15, 0.2) is 5.96 Å². The molecule has 2 N–H and O–H groups in total. The van der Waals surface area contributed by atoms with Gasteiger partial charge in [-0.1, -0.05) is 50.6 Å². The average molecular weight is 541 g/mol. The van der Waals surface area contributed by atoms with Gasteiger partial charge in [-0.15, -0.1) is 24.0 Å². The van der Waals surface area contributed by atoms with Crippen LogP contribution in [-0.2, 0) is 16.7 Å². The Morgan fingerprint density at radius 1 is 1.23 bits per heavy atom. The number of aromatic nitrogens is 1. The molecule has 2 aromatic rings. The molecular weight excluding hydrogens is 505 g/mol. The van der Waals surface area contributed by atoms with Crippen molar-refractivity contribution in [1.29, 1.82) is 0 Å². The highest BCUT2D eigenvalue weighted by Crippen LogP contribution is 2.23. The zero-order chi connectivity index (χ0) is 21.6. The molecule has 7 nitrogen and oxygen atoms in total. The average Bonchev–Trinajstić information content (AvgIpc) is 3.21. The maximum atomic E-state index is 5.87. The molecule has 2 heterocycles. The second-order valence-electron chi connectivity index (χ2n) is 8.75. The van der Waals surface area contributed by atoms with Crippen molar-refractivity contribution in [2.75, 3.05) is 39.9 Å². The van der Waals surface area contributed by atoms with Gasteiger partial charge in [-0.05, 0) is 12.5 Å². The lowest BCUT2D eigenvalue weighted by Crippen LogP contribution is -2.46. The summed E-state index contributed by atoms with van der Waals surface area (Å²) in [6.45, 7) is 13.1. The van der Waals surface area contributed by atoms with Crippen LogP contribution in [0.1, 0.15) is 49.6 Å². The van der Waals surface area contributed by atoms with Crippen LogP contribution >= 0.6 is 24.0 Å². The minimum atomic E-state index is -0.0512. The van der Waals surface area contributed by atoms with E-state index in [1.165, 1.54) is 11.1 Å². The normalized spacial score (nSPS) is 16.5. The van der Waals surface area contributed by atoms with E-state index >= 15 is 0 Å². The highest BCUT2D eigenvalue weighted by Gasteiger charge is 2.23. The number of nitrogens with one attached hydrogen (secondary N) is 2. The van der Waals surface area contributed by atoms with Gasteiger partial charge in [-0.25, -0.2) is 4.98 Å². The molecule has 0 spiro atoms. The van der Waals surface area contributed by atoms with Crippen LogP contribution in [-0.4, -0.2) is 55.7 Å². The monoisotopic (exact) mass is 541 g/mol. The minimum absolute atomic E-state index is 0. The topological polar surface area (TPSA) is 74.9 Å². The fourth-order valence-corrected chi connectivity index (χ4v) is 3.54. The Hall–Kier alpha value is -1.65. The Bertz CT molecular complexity index is 840. The standard InChI is InChI=1S/C23H35N5O2.HI/c1-17-7-6-8-18(13-17)19(28-9-11-29-12-10-28)14-26-22(24-5)27-16-21-25-15-20(30-21)23(2,3)4;/h6-8,13,15,19H,9-12,14,16H2,1-5H3,(H2,24,26,27);1H. The Morgan fingerprint density at radius 3 is 2.58 bits per heavy atom. The lowest BCUT2D eigenvalue weighted by molar-refractivity contribution is 0.0170. The van der Waals surface area contributed by atoms with E-state index in [1.807, 2.05) is 0 Å². The Kier molecular flexibility index (Phi) is 9.77. The van der Waals surface area contributed by atoms with E-state index < -0.39 is 0 Å². The third-order valence-electron chi connectivity index (χ3n) is 5.30. The summed E-state index contributed by atoms with van der Waals surface area (Å²) in [5.41, 5.74) is 2.53. The minimum Gasteiger partial charge on any atom is -0.443 e. The molecule has 8 heteroatoms. The largest absolute Gasteiger partial charge is 0.443 e. The molecule has 1 saturated heterocycles. The first-order valence-corrected chi connectivity index (χ1v) is 10.6. The molecule has 0 saturated carbocycles. The van der Waals surface area contributed by atoms with Crippen molar-refractivity contribution in [2.45, 2.75) is 45.7 Å². The predicted molar refractivity (Wildman–Crippen MR) is 135 cm³/mol. The predicted octanol–water partition coefficient (Wildman–Crippen LogP) is 3.64. The summed E-state index contributed by atoms with van der Waals surface area (Å²) in [7, 11) is 1.78. The molecule has 31 heavy (non-hydrogen) atoms. The van der Waals surface area contributed by atoms with Crippen molar-refractivity contribution in [3.63, 3.8) is 0 Å². The first kappa shape index (κ1) is 25.6. The number of oxazole rings is 1. The first-order chi connectivity index (χ1) is 14.4. The Morgan fingerprint density at radius 2 is 1.97 bits per heavy atom. The number of morpholine rings is 1. The second-order valence-corrected chi connectivity index (χ2v) is 8.75. The molecule has 1 fully saturated rings. The van der Waals surface area contributed by atoms with Crippen LogP contribution in [0.3, 0.4) is 0 Å². The molecule has 1 aromatic carbocycles. The number of benzene rings is 1. The summed E-state index contributed by atoms with van der Waals surface area (Å²) in [6, 6.07) is 8.97. The molecule has 172 valence electrons. The third-order valence-corrected chi connectivity index (χ3v) is 5.30. The number of nitrogens with zero attached hydrogens (tertiary/aromatic N) is 3. The highest BCUT2D eigenvalue weighted by atomic mass is 127. The van der Waals surface area contributed by atoms with E-state index in [9.17, 15) is 0 Å². The Balaban J connectivity index is 0.00000341. The van der Waals surface area contributed by atoms with Gasteiger partial charge in [0.25, 0.3) is 0 Å². The lowest BCUT2D eigenvalue weighted by Gasteiger charge is -2.35. The number of hydrogen-bond acceptors (Lipinski definition) is 5. The maximum absolute atomic E-state index is 5.87. The van der Waals surface area contributed by atoms with Crippen molar-refractivity contribution in [3.05, 3.63) is 53.2 Å². The molecule has 1 atom stereocenters. The van der Waals surface area contributed by atoms with E-state index in [0.29, 0.717) is 12.4 Å². The molecule has 0 bridgehead atoms. The lowest BCUT2D eigenvalue weighted by atomic mass is 9.94. The number of hydrogen-bond donors (Lipinski definition) is 2. The van der Waals surface area contributed by atoms with Crippen molar-refractivity contribution in [2.24, 2.45) is 4.99 Å². The maximum Gasteiger partial charge on any atom is 0.213 e. The molecule has 3 rings (SSSR count). The fourth-order valence-electron chi connectivity index (χ4n) is 3.54. The number of aliphatic imine (C=N–C) groups is 1. The summed E-state index contributed by atoms with van der Waals surface area (Å²) in [5, 5.41) is 6.79. The summed E-state index contributed by atoms with van der Waals surface area (Å²) in [4.78, 5) is 11.2. The quantitative estimate of drug-likeness (QED) is 0.331. The van der Waals surface area contributed by atoms with Crippen LogP contribution in [0.15, 0.2) is 39.9 Å². The van der Waals surface area contributed by atoms with Crippen molar-refractivity contribution in [3.8, 4) is 0 Å². The van der Waals surface area contributed by atoms with E-state index in [1.54, 1.807) is 13.2 Å².